The second kappa shape index (κ2) is 5.84. The summed E-state index contributed by atoms with van der Waals surface area (Å²) < 4.78 is 32.9. The number of hydrogen-bond donors (Lipinski definition) is 2. The number of anilines is 1. The van der Waals surface area contributed by atoms with Crippen LogP contribution in [0.15, 0.2) is 22.5 Å². The summed E-state index contributed by atoms with van der Waals surface area (Å²) in [5.74, 6) is -0.317. The van der Waals surface area contributed by atoms with Crippen molar-refractivity contribution in [3.05, 3.63) is 28.1 Å². The van der Waals surface area contributed by atoms with Crippen LogP contribution >= 0.6 is 11.3 Å². The Labute approximate surface area is 125 Å². The first kappa shape index (κ1) is 15.5. The molecule has 0 spiro atoms. The number of carbonyl (C=O) groups excluding carboxylic acids is 1. The Hall–Kier alpha value is -1.91. The molecule has 114 valence electrons. The van der Waals surface area contributed by atoms with E-state index in [1.54, 1.807) is 7.05 Å². The number of ether oxygens (including phenoxy) is 1. The zero-order chi connectivity index (χ0) is 15.6. The molecule has 21 heavy (non-hydrogen) atoms. The predicted molar refractivity (Wildman–Crippen MR) is 77.3 cm³/mol. The molecule has 0 amide bonds. The van der Waals surface area contributed by atoms with E-state index in [4.69, 9.17) is 5.73 Å². The van der Waals surface area contributed by atoms with Gasteiger partial charge in [-0.3, -0.25) is 4.68 Å². The molecule has 0 aliphatic rings. The highest BCUT2D eigenvalue weighted by atomic mass is 32.2. The van der Waals surface area contributed by atoms with Gasteiger partial charge >= 0.3 is 5.97 Å². The van der Waals surface area contributed by atoms with Gasteiger partial charge in [-0.25, -0.2) is 17.9 Å². The van der Waals surface area contributed by atoms with Crippen molar-refractivity contribution in [1.29, 1.82) is 0 Å². The molecule has 0 unspecified atom stereocenters. The molecule has 0 saturated heterocycles. The zero-order valence-electron chi connectivity index (χ0n) is 11.4. The maximum absolute atomic E-state index is 12.2. The Balaban J connectivity index is 2.21. The van der Waals surface area contributed by atoms with Crippen molar-refractivity contribution in [3.8, 4) is 0 Å². The van der Waals surface area contributed by atoms with Crippen molar-refractivity contribution >= 4 is 33.1 Å². The van der Waals surface area contributed by atoms with E-state index in [1.165, 1.54) is 29.4 Å². The Bertz CT molecular complexity index is 763. The third-order valence-electron chi connectivity index (χ3n) is 2.81. The zero-order valence-corrected chi connectivity index (χ0v) is 13.0. The van der Waals surface area contributed by atoms with Gasteiger partial charge in [0.05, 0.1) is 13.3 Å². The first-order valence-corrected chi connectivity index (χ1v) is 8.15. The molecule has 0 bridgehead atoms. The van der Waals surface area contributed by atoms with Gasteiger partial charge in [0.1, 0.15) is 15.6 Å². The smallest absolute Gasteiger partial charge is 0.349 e. The minimum atomic E-state index is -3.84. The van der Waals surface area contributed by atoms with Gasteiger partial charge < -0.3 is 10.5 Å². The standard InChI is InChI=1S/C11H14N4O4S2/c1-15-10(12)7(5-13-15)6-14-21(17,18)8-3-4-20-9(8)11(16)19-2/h3-5,14H,6,12H2,1-2H3. The quantitative estimate of drug-likeness (QED) is 0.763. The van der Waals surface area contributed by atoms with Gasteiger partial charge in [0.25, 0.3) is 0 Å². The van der Waals surface area contributed by atoms with Crippen molar-refractivity contribution in [1.82, 2.24) is 14.5 Å². The third kappa shape index (κ3) is 3.06. The largest absolute Gasteiger partial charge is 0.465 e. The minimum Gasteiger partial charge on any atom is -0.465 e. The molecule has 10 heteroatoms. The Kier molecular flexibility index (Phi) is 4.30. The lowest BCUT2D eigenvalue weighted by atomic mass is 10.3. The van der Waals surface area contributed by atoms with Crippen molar-refractivity contribution < 1.29 is 17.9 Å². The van der Waals surface area contributed by atoms with Gasteiger partial charge in [-0.2, -0.15) is 5.10 Å². The van der Waals surface area contributed by atoms with Crippen LogP contribution in [0.25, 0.3) is 0 Å². The average molecular weight is 330 g/mol. The fourth-order valence-corrected chi connectivity index (χ4v) is 3.97. The molecule has 0 saturated carbocycles. The van der Waals surface area contributed by atoms with E-state index in [9.17, 15) is 13.2 Å². The van der Waals surface area contributed by atoms with Crippen molar-refractivity contribution in [2.24, 2.45) is 7.05 Å². The second-order valence-electron chi connectivity index (χ2n) is 4.11. The number of sulfonamides is 1. The first-order valence-electron chi connectivity index (χ1n) is 5.78. The van der Waals surface area contributed by atoms with Gasteiger partial charge in [-0.15, -0.1) is 11.3 Å². The van der Waals surface area contributed by atoms with Gasteiger partial charge in [-0.05, 0) is 11.4 Å². The van der Waals surface area contributed by atoms with E-state index in [0.717, 1.165) is 11.3 Å². The van der Waals surface area contributed by atoms with Crippen LogP contribution in [0, 0.1) is 0 Å². The number of thiophene rings is 1. The van der Waals surface area contributed by atoms with E-state index >= 15 is 0 Å². The SMILES string of the molecule is COC(=O)c1sccc1S(=O)(=O)NCc1cnn(C)c1N. The topological polar surface area (TPSA) is 116 Å². The van der Waals surface area contributed by atoms with Gasteiger partial charge in [0.2, 0.25) is 10.0 Å². The summed E-state index contributed by atoms with van der Waals surface area (Å²) in [6.07, 6.45) is 1.48. The molecule has 0 fully saturated rings. The molecule has 2 heterocycles. The Morgan fingerprint density at radius 3 is 2.86 bits per heavy atom. The Morgan fingerprint density at radius 2 is 2.29 bits per heavy atom. The Morgan fingerprint density at radius 1 is 1.57 bits per heavy atom. The van der Waals surface area contributed by atoms with Crippen LogP contribution in [0.3, 0.4) is 0 Å². The molecule has 2 aromatic rings. The van der Waals surface area contributed by atoms with Gasteiger partial charge in [-0.1, -0.05) is 0 Å². The van der Waals surface area contributed by atoms with E-state index in [2.05, 4.69) is 14.6 Å². The number of hydrogen-bond acceptors (Lipinski definition) is 7. The van der Waals surface area contributed by atoms with Crippen molar-refractivity contribution in [3.63, 3.8) is 0 Å². The number of carbonyl (C=O) groups is 1. The lowest BCUT2D eigenvalue weighted by molar-refractivity contribution is 0.0602. The molecule has 0 radical (unpaired) electrons. The van der Waals surface area contributed by atoms with Crippen molar-refractivity contribution in [2.75, 3.05) is 12.8 Å². The summed E-state index contributed by atoms with van der Waals surface area (Å²) in [5, 5.41) is 5.44. The van der Waals surface area contributed by atoms with Crippen LogP contribution < -0.4 is 10.5 Å². The number of methoxy groups -OCH3 is 1. The van der Waals surface area contributed by atoms with E-state index in [-0.39, 0.29) is 16.3 Å². The normalized spacial score (nSPS) is 11.5. The summed E-state index contributed by atoms with van der Waals surface area (Å²) >= 11 is 1.00. The maximum atomic E-state index is 12.2. The molecule has 0 aliphatic heterocycles. The van der Waals surface area contributed by atoms with E-state index in [0.29, 0.717) is 11.4 Å². The highest BCUT2D eigenvalue weighted by molar-refractivity contribution is 7.89. The van der Waals surface area contributed by atoms with E-state index in [1.807, 2.05) is 0 Å². The molecule has 0 aliphatic carbocycles. The molecule has 3 N–H and O–H groups in total. The number of esters is 1. The highest BCUT2D eigenvalue weighted by Crippen LogP contribution is 2.23. The lowest BCUT2D eigenvalue weighted by Gasteiger charge is -2.06. The summed E-state index contributed by atoms with van der Waals surface area (Å²) in [7, 11) is -0.990. The van der Waals surface area contributed by atoms with Crippen LogP contribution in [0.1, 0.15) is 15.2 Å². The molecule has 8 nitrogen and oxygen atoms in total. The monoisotopic (exact) mass is 330 g/mol. The average Bonchev–Trinajstić information content (AvgIpc) is 3.05. The summed E-state index contributed by atoms with van der Waals surface area (Å²) in [6.45, 7) is -0.0154. The van der Waals surface area contributed by atoms with E-state index < -0.39 is 16.0 Å². The number of nitrogen functional groups attached to an aromatic ring is 1. The van der Waals surface area contributed by atoms with Crippen LogP contribution in [0.5, 0.6) is 0 Å². The summed E-state index contributed by atoms with van der Waals surface area (Å²) in [6, 6.07) is 1.35. The highest BCUT2D eigenvalue weighted by Gasteiger charge is 2.24. The maximum Gasteiger partial charge on any atom is 0.349 e. The second-order valence-corrected chi connectivity index (χ2v) is 6.76. The van der Waals surface area contributed by atoms with Crippen LogP contribution in [-0.4, -0.2) is 31.3 Å². The predicted octanol–water partition coefficient (Wildman–Crippen LogP) is 0.329. The molecule has 0 atom stereocenters. The number of aromatic nitrogens is 2. The fourth-order valence-electron chi connectivity index (χ4n) is 1.63. The number of rotatable bonds is 5. The van der Waals surface area contributed by atoms with Gasteiger partial charge in [0.15, 0.2) is 0 Å². The molecular weight excluding hydrogens is 316 g/mol. The number of nitrogens with zero attached hydrogens (tertiary/aromatic N) is 2. The lowest BCUT2D eigenvalue weighted by Crippen LogP contribution is -2.24. The minimum absolute atomic E-state index is 0.0154. The molecule has 2 rings (SSSR count). The van der Waals surface area contributed by atoms with Gasteiger partial charge in [0, 0.05) is 19.2 Å². The molecular formula is C11H14N4O4S2. The molecule has 2 aromatic heterocycles. The first-order chi connectivity index (χ1) is 9.86. The number of aryl methyl sites for hydroxylation is 1. The third-order valence-corrected chi connectivity index (χ3v) is 5.27. The van der Waals surface area contributed by atoms with Crippen LogP contribution in [0.2, 0.25) is 0 Å². The number of nitrogens with one attached hydrogen (secondary N) is 1. The van der Waals surface area contributed by atoms with Crippen LogP contribution in [-0.2, 0) is 28.4 Å². The summed E-state index contributed by atoms with van der Waals surface area (Å²) in [4.78, 5) is 11.5. The summed E-state index contributed by atoms with van der Waals surface area (Å²) in [5.41, 5.74) is 6.30. The number of nitrogens with two attached hydrogens (primary N) is 1. The van der Waals surface area contributed by atoms with Crippen molar-refractivity contribution in [2.45, 2.75) is 11.4 Å². The fraction of sp³-hybridized carbons (Fsp3) is 0.273. The molecule has 0 aromatic carbocycles. The van der Waals surface area contributed by atoms with Crippen LogP contribution in [0.4, 0.5) is 5.82 Å².